The van der Waals surface area contributed by atoms with Crippen LogP contribution in [0.3, 0.4) is 0 Å². The lowest BCUT2D eigenvalue weighted by Gasteiger charge is -2.25. The Balaban J connectivity index is 1.62. The molecule has 1 heterocycles. The van der Waals surface area contributed by atoms with E-state index >= 15 is 0 Å². The molecular formula is C21H25N3O4. The summed E-state index contributed by atoms with van der Waals surface area (Å²) in [6.45, 7) is 0.926. The lowest BCUT2D eigenvalue weighted by Crippen LogP contribution is -2.41. The lowest BCUT2D eigenvalue weighted by atomic mass is 10.0. The minimum Gasteiger partial charge on any atom is -0.497 e. The Hall–Kier alpha value is -3.06. The van der Waals surface area contributed by atoms with E-state index in [2.05, 4.69) is 15.5 Å². The maximum atomic E-state index is 12.4. The van der Waals surface area contributed by atoms with Crippen molar-refractivity contribution in [2.75, 3.05) is 32.6 Å². The fourth-order valence-corrected chi connectivity index (χ4v) is 3.50. The summed E-state index contributed by atoms with van der Waals surface area (Å²) in [6, 6.07) is 14.2. The molecular weight excluding hydrogens is 358 g/mol. The summed E-state index contributed by atoms with van der Waals surface area (Å²) in [4.78, 5) is 26.5. The standard InChI is InChI=1S/C21H25N3O4/c1-27-16-10-11-17(19(13-16)28-2)18-9-6-12-24(18)14-20(25)23-21(26)22-15-7-4-3-5-8-15/h3-5,7-8,10-11,13,18H,6,9,12,14H2,1-2H3,(H2,22,23,25,26)/t18-/m1/s1. The molecule has 1 atom stereocenters. The number of nitrogens with one attached hydrogen (secondary N) is 2. The van der Waals surface area contributed by atoms with Crippen LogP contribution in [0.5, 0.6) is 11.5 Å². The van der Waals surface area contributed by atoms with Crippen molar-refractivity contribution in [3.05, 3.63) is 54.1 Å². The molecule has 0 radical (unpaired) electrons. The number of ether oxygens (including phenoxy) is 2. The van der Waals surface area contributed by atoms with Crippen molar-refractivity contribution >= 4 is 17.6 Å². The summed E-state index contributed by atoms with van der Waals surface area (Å²) in [5, 5.41) is 5.04. The summed E-state index contributed by atoms with van der Waals surface area (Å²) in [5.74, 6) is 1.12. The normalized spacial score (nSPS) is 16.4. The molecule has 1 saturated heterocycles. The van der Waals surface area contributed by atoms with Crippen molar-refractivity contribution in [1.82, 2.24) is 10.2 Å². The van der Waals surface area contributed by atoms with Crippen LogP contribution in [0.4, 0.5) is 10.5 Å². The van der Waals surface area contributed by atoms with Crippen molar-refractivity contribution in [3.8, 4) is 11.5 Å². The van der Waals surface area contributed by atoms with Crippen LogP contribution in [-0.4, -0.2) is 44.1 Å². The number of carbonyl (C=O) groups is 2. The van der Waals surface area contributed by atoms with Crippen LogP contribution in [-0.2, 0) is 4.79 Å². The second-order valence-corrected chi connectivity index (χ2v) is 6.60. The average Bonchev–Trinajstić information content (AvgIpc) is 3.15. The number of para-hydroxylation sites is 1. The van der Waals surface area contributed by atoms with Crippen molar-refractivity contribution < 1.29 is 19.1 Å². The highest BCUT2D eigenvalue weighted by atomic mass is 16.5. The molecule has 3 amide bonds. The largest absolute Gasteiger partial charge is 0.497 e. The fourth-order valence-electron chi connectivity index (χ4n) is 3.50. The Bertz CT molecular complexity index is 826. The van der Waals surface area contributed by atoms with Gasteiger partial charge >= 0.3 is 6.03 Å². The maximum absolute atomic E-state index is 12.4. The van der Waals surface area contributed by atoms with Gasteiger partial charge in [0.2, 0.25) is 5.91 Å². The molecule has 0 unspecified atom stereocenters. The van der Waals surface area contributed by atoms with E-state index in [1.807, 2.05) is 36.4 Å². The molecule has 0 saturated carbocycles. The Kier molecular flexibility index (Phi) is 6.49. The topological polar surface area (TPSA) is 79.9 Å². The van der Waals surface area contributed by atoms with Crippen molar-refractivity contribution in [2.24, 2.45) is 0 Å². The molecule has 28 heavy (non-hydrogen) atoms. The van der Waals surface area contributed by atoms with E-state index in [4.69, 9.17) is 9.47 Å². The third-order valence-electron chi connectivity index (χ3n) is 4.79. The first-order valence-electron chi connectivity index (χ1n) is 9.22. The molecule has 148 valence electrons. The van der Waals surface area contributed by atoms with Crippen LogP contribution in [0.2, 0.25) is 0 Å². The van der Waals surface area contributed by atoms with Gasteiger partial charge in [-0.05, 0) is 37.6 Å². The smallest absolute Gasteiger partial charge is 0.325 e. The van der Waals surface area contributed by atoms with Gasteiger partial charge in [0.25, 0.3) is 0 Å². The van der Waals surface area contributed by atoms with E-state index in [1.54, 1.807) is 26.4 Å². The molecule has 3 rings (SSSR count). The Morgan fingerprint density at radius 3 is 2.61 bits per heavy atom. The number of urea groups is 1. The molecule has 1 fully saturated rings. The average molecular weight is 383 g/mol. The third kappa shape index (κ3) is 4.80. The van der Waals surface area contributed by atoms with Gasteiger partial charge in [-0.2, -0.15) is 0 Å². The number of hydrogen-bond donors (Lipinski definition) is 2. The van der Waals surface area contributed by atoms with E-state index in [1.165, 1.54) is 0 Å². The number of hydrogen-bond acceptors (Lipinski definition) is 5. The molecule has 7 heteroatoms. The number of nitrogens with zero attached hydrogens (tertiary/aromatic N) is 1. The minimum absolute atomic E-state index is 0.0591. The molecule has 0 spiro atoms. The number of amides is 3. The summed E-state index contributed by atoms with van der Waals surface area (Å²) < 4.78 is 10.8. The van der Waals surface area contributed by atoms with Gasteiger partial charge < -0.3 is 14.8 Å². The zero-order chi connectivity index (χ0) is 19.9. The number of carbonyl (C=O) groups excluding carboxylic acids is 2. The minimum atomic E-state index is -0.533. The SMILES string of the molecule is COc1ccc([C@H]2CCCN2CC(=O)NC(=O)Nc2ccccc2)c(OC)c1. The van der Waals surface area contributed by atoms with Crippen LogP contribution in [0.25, 0.3) is 0 Å². The van der Waals surface area contributed by atoms with Crippen molar-refractivity contribution in [1.29, 1.82) is 0 Å². The Morgan fingerprint density at radius 2 is 1.89 bits per heavy atom. The summed E-state index contributed by atoms with van der Waals surface area (Å²) in [7, 11) is 3.24. The number of imide groups is 1. The van der Waals surface area contributed by atoms with Gasteiger partial charge in [-0.3, -0.25) is 15.0 Å². The monoisotopic (exact) mass is 383 g/mol. The molecule has 2 aromatic rings. The van der Waals surface area contributed by atoms with E-state index in [0.29, 0.717) is 5.69 Å². The zero-order valence-corrected chi connectivity index (χ0v) is 16.1. The molecule has 2 N–H and O–H groups in total. The molecule has 0 aliphatic carbocycles. The van der Waals surface area contributed by atoms with Gasteiger partial charge in [0.1, 0.15) is 11.5 Å². The first-order chi connectivity index (χ1) is 13.6. The van der Waals surface area contributed by atoms with E-state index in [0.717, 1.165) is 36.4 Å². The van der Waals surface area contributed by atoms with E-state index in [-0.39, 0.29) is 18.5 Å². The molecule has 0 aromatic heterocycles. The van der Waals surface area contributed by atoms with Gasteiger partial charge in [-0.15, -0.1) is 0 Å². The van der Waals surface area contributed by atoms with E-state index < -0.39 is 6.03 Å². The number of likely N-dealkylation sites (tertiary alicyclic amines) is 1. The highest BCUT2D eigenvalue weighted by Crippen LogP contribution is 2.38. The molecule has 7 nitrogen and oxygen atoms in total. The van der Waals surface area contributed by atoms with Crippen LogP contribution in [0.15, 0.2) is 48.5 Å². The van der Waals surface area contributed by atoms with Gasteiger partial charge in [-0.25, -0.2) is 4.79 Å². The quantitative estimate of drug-likeness (QED) is 0.801. The predicted octanol–water partition coefficient (Wildman–Crippen LogP) is 3.19. The van der Waals surface area contributed by atoms with Crippen molar-refractivity contribution in [3.63, 3.8) is 0 Å². The lowest BCUT2D eigenvalue weighted by molar-refractivity contribution is -0.121. The summed E-state index contributed by atoms with van der Waals surface area (Å²) >= 11 is 0. The van der Waals surface area contributed by atoms with Gasteiger partial charge in [0.15, 0.2) is 0 Å². The Morgan fingerprint density at radius 1 is 1.11 bits per heavy atom. The molecule has 2 aromatic carbocycles. The van der Waals surface area contributed by atoms with Gasteiger partial charge in [-0.1, -0.05) is 24.3 Å². The Labute approximate surface area is 164 Å². The fraction of sp³-hybridized carbons (Fsp3) is 0.333. The maximum Gasteiger partial charge on any atom is 0.325 e. The second-order valence-electron chi connectivity index (χ2n) is 6.60. The van der Waals surface area contributed by atoms with E-state index in [9.17, 15) is 9.59 Å². The number of anilines is 1. The number of benzene rings is 2. The van der Waals surface area contributed by atoms with Gasteiger partial charge in [0.05, 0.1) is 20.8 Å². The van der Waals surface area contributed by atoms with Crippen LogP contribution in [0, 0.1) is 0 Å². The third-order valence-corrected chi connectivity index (χ3v) is 4.79. The highest BCUT2D eigenvalue weighted by molar-refractivity contribution is 6.01. The van der Waals surface area contributed by atoms with Gasteiger partial charge in [0, 0.05) is 23.4 Å². The van der Waals surface area contributed by atoms with Crippen LogP contribution in [0.1, 0.15) is 24.4 Å². The number of rotatable bonds is 6. The van der Waals surface area contributed by atoms with Crippen LogP contribution >= 0.6 is 0 Å². The first-order valence-corrected chi connectivity index (χ1v) is 9.22. The molecule has 0 bridgehead atoms. The second kappa shape index (κ2) is 9.23. The molecule has 1 aliphatic rings. The highest BCUT2D eigenvalue weighted by Gasteiger charge is 2.30. The predicted molar refractivity (Wildman–Crippen MR) is 107 cm³/mol. The first kappa shape index (κ1) is 19.7. The zero-order valence-electron chi connectivity index (χ0n) is 16.1. The summed E-state index contributed by atoms with van der Waals surface area (Å²) in [6.07, 6.45) is 1.90. The van der Waals surface area contributed by atoms with Crippen molar-refractivity contribution in [2.45, 2.75) is 18.9 Å². The van der Waals surface area contributed by atoms with Crippen LogP contribution < -0.4 is 20.1 Å². The summed E-state index contributed by atoms with van der Waals surface area (Å²) in [5.41, 5.74) is 1.65. The molecule has 1 aliphatic heterocycles. The number of methoxy groups -OCH3 is 2.